The molecule has 7 heteroatoms. The van der Waals surface area contributed by atoms with Gasteiger partial charge in [0.1, 0.15) is 0 Å². The molecule has 25 heavy (non-hydrogen) atoms. The van der Waals surface area contributed by atoms with Crippen LogP contribution in [0.5, 0.6) is 0 Å². The molecule has 1 N–H and O–H groups in total. The Kier molecular flexibility index (Phi) is 8.27. The Morgan fingerprint density at radius 1 is 1.24 bits per heavy atom. The summed E-state index contributed by atoms with van der Waals surface area (Å²) in [5.74, 6) is -2.61. The first-order chi connectivity index (χ1) is 11.9. The van der Waals surface area contributed by atoms with E-state index in [0.29, 0.717) is 5.56 Å². The molecule has 0 spiro atoms. The minimum Gasteiger partial charge on any atom is -0.762 e. The Hall–Kier alpha value is -2.22. The Morgan fingerprint density at radius 3 is 2.16 bits per heavy atom. The lowest BCUT2D eigenvalue weighted by Gasteiger charge is -2.38. The fourth-order valence-corrected chi connectivity index (χ4v) is 2.81. The van der Waals surface area contributed by atoms with Gasteiger partial charge in [0, 0.05) is 12.5 Å². The number of carbonyl (C=O) groups is 2. The number of rotatable bonds is 10. The molecule has 0 bridgehead atoms. The van der Waals surface area contributed by atoms with E-state index in [1.54, 1.807) is 44.2 Å². The summed E-state index contributed by atoms with van der Waals surface area (Å²) in [7, 11) is 0. The smallest absolute Gasteiger partial charge is 0.324 e. The van der Waals surface area contributed by atoms with E-state index < -0.39 is 29.8 Å². The van der Waals surface area contributed by atoms with Gasteiger partial charge in [-0.05, 0) is 25.8 Å². The van der Waals surface area contributed by atoms with Crippen LogP contribution >= 0.6 is 0 Å². The number of hydroxylamine groups is 2. The van der Waals surface area contributed by atoms with Crippen LogP contribution in [0.3, 0.4) is 0 Å². The number of hydrogen-bond donors (Lipinski definition) is 1. The van der Waals surface area contributed by atoms with Crippen molar-refractivity contribution in [1.82, 2.24) is 5.23 Å². The molecule has 0 aliphatic rings. The highest BCUT2D eigenvalue weighted by Crippen LogP contribution is 2.42. The van der Waals surface area contributed by atoms with Gasteiger partial charge < -0.3 is 19.9 Å². The van der Waals surface area contributed by atoms with E-state index in [2.05, 4.69) is 6.58 Å². The molecule has 0 saturated heterocycles. The third kappa shape index (κ3) is 4.88. The molecule has 0 radical (unpaired) electrons. The quantitative estimate of drug-likeness (QED) is 0.300. The van der Waals surface area contributed by atoms with Crippen molar-refractivity contribution in [2.45, 2.75) is 26.2 Å². The Balaban J connectivity index is 3.57. The Labute approximate surface area is 147 Å². The maximum atomic E-state index is 12.8. The van der Waals surface area contributed by atoms with E-state index in [1.165, 1.54) is 6.08 Å². The molecule has 0 heterocycles. The number of hydrogen-bond acceptors (Lipinski definition) is 7. The summed E-state index contributed by atoms with van der Waals surface area (Å²) in [6.45, 7) is 6.45. The van der Waals surface area contributed by atoms with Crippen LogP contribution in [-0.2, 0) is 19.1 Å². The highest BCUT2D eigenvalue weighted by Gasteiger charge is 2.54. The predicted octanol–water partition coefficient (Wildman–Crippen LogP) is 2.65. The fourth-order valence-electron chi connectivity index (χ4n) is 2.81. The molecule has 0 fully saturated rings. The highest BCUT2D eigenvalue weighted by atomic mass is 16.8. The van der Waals surface area contributed by atoms with Crippen LogP contribution in [0.15, 0.2) is 43.0 Å². The van der Waals surface area contributed by atoms with Crippen molar-refractivity contribution in [3.8, 4) is 0 Å². The third-order valence-electron chi connectivity index (χ3n) is 3.88. The highest BCUT2D eigenvalue weighted by molar-refractivity contribution is 6.01. The molecule has 138 valence electrons. The second kappa shape index (κ2) is 9.93. The summed E-state index contributed by atoms with van der Waals surface area (Å²) in [6, 6.07) is 8.53. The first kappa shape index (κ1) is 20.8. The summed E-state index contributed by atoms with van der Waals surface area (Å²) in [5, 5.41) is 20.4. The van der Waals surface area contributed by atoms with Gasteiger partial charge in [0.05, 0.1) is 13.2 Å². The lowest BCUT2D eigenvalue weighted by molar-refractivity contribution is -0.176. The van der Waals surface area contributed by atoms with Crippen molar-refractivity contribution >= 4 is 11.9 Å². The average molecular weight is 350 g/mol. The molecule has 0 aliphatic heterocycles. The van der Waals surface area contributed by atoms with Crippen molar-refractivity contribution in [3.05, 3.63) is 53.8 Å². The van der Waals surface area contributed by atoms with Gasteiger partial charge >= 0.3 is 11.9 Å². The number of carbonyl (C=O) groups excluding carboxylic acids is 2. The first-order valence-corrected chi connectivity index (χ1v) is 8.07. The van der Waals surface area contributed by atoms with E-state index >= 15 is 0 Å². The second-order valence-corrected chi connectivity index (χ2v) is 5.40. The van der Waals surface area contributed by atoms with Crippen LogP contribution in [0.2, 0.25) is 0 Å². The third-order valence-corrected chi connectivity index (χ3v) is 3.88. The van der Waals surface area contributed by atoms with Gasteiger partial charge in [-0.1, -0.05) is 36.4 Å². The van der Waals surface area contributed by atoms with E-state index in [1.807, 2.05) is 0 Å². The van der Waals surface area contributed by atoms with E-state index in [0.717, 1.165) is 0 Å². The number of nitrogens with zero attached hydrogens (tertiary/aromatic N) is 1. The summed E-state index contributed by atoms with van der Waals surface area (Å²) >= 11 is 0. The van der Waals surface area contributed by atoms with Gasteiger partial charge in [0.25, 0.3) is 0 Å². The topological polar surface area (TPSA) is 99.1 Å². The van der Waals surface area contributed by atoms with E-state index in [4.69, 9.17) is 9.47 Å². The predicted molar refractivity (Wildman–Crippen MR) is 91.6 cm³/mol. The summed E-state index contributed by atoms with van der Waals surface area (Å²) in [6.07, 6.45) is 1.30. The minimum absolute atomic E-state index is 0.0544. The van der Waals surface area contributed by atoms with Crippen molar-refractivity contribution in [2.24, 2.45) is 5.41 Å². The molecule has 1 aromatic carbocycles. The molecule has 1 atom stereocenters. The fraction of sp³-hybridized carbons (Fsp3) is 0.444. The van der Waals surface area contributed by atoms with Crippen molar-refractivity contribution < 1.29 is 24.3 Å². The first-order valence-electron chi connectivity index (χ1n) is 8.07. The molecule has 0 aromatic heterocycles. The molecular weight excluding hydrogens is 326 g/mol. The SMILES string of the molecule is C=CCC(C(=O)OCC)(C(=O)OCC)C(CN([O-])O)c1ccccc1. The van der Waals surface area contributed by atoms with Gasteiger partial charge in [-0.15, -0.1) is 6.58 Å². The average Bonchev–Trinajstić information content (AvgIpc) is 2.58. The normalized spacial score (nSPS) is 12.5. The zero-order chi connectivity index (χ0) is 18.9. The van der Waals surface area contributed by atoms with Crippen LogP contribution in [0.1, 0.15) is 31.7 Å². The van der Waals surface area contributed by atoms with Gasteiger partial charge in [0.15, 0.2) is 5.41 Å². The lowest BCUT2D eigenvalue weighted by Crippen LogP contribution is -2.49. The van der Waals surface area contributed by atoms with Gasteiger partial charge in [-0.25, -0.2) is 0 Å². The number of benzene rings is 1. The van der Waals surface area contributed by atoms with E-state index in [9.17, 15) is 20.0 Å². The maximum Gasteiger partial charge on any atom is 0.324 e. The molecule has 7 nitrogen and oxygen atoms in total. The zero-order valence-electron chi connectivity index (χ0n) is 14.5. The van der Waals surface area contributed by atoms with Gasteiger partial charge in [-0.3, -0.25) is 14.8 Å². The number of esters is 2. The second-order valence-electron chi connectivity index (χ2n) is 5.40. The molecule has 0 saturated carbocycles. The number of ether oxygens (including phenoxy) is 2. The maximum absolute atomic E-state index is 12.8. The van der Waals surface area contributed by atoms with Gasteiger partial charge in [-0.2, -0.15) is 0 Å². The van der Waals surface area contributed by atoms with E-state index in [-0.39, 0.29) is 24.9 Å². The molecule has 0 amide bonds. The minimum atomic E-state index is -1.82. The van der Waals surface area contributed by atoms with Crippen LogP contribution < -0.4 is 0 Å². The molecule has 1 unspecified atom stereocenters. The van der Waals surface area contributed by atoms with Crippen molar-refractivity contribution in [2.75, 3.05) is 19.8 Å². The largest absolute Gasteiger partial charge is 0.762 e. The summed E-state index contributed by atoms with van der Waals surface area (Å²) < 4.78 is 10.2. The van der Waals surface area contributed by atoms with Crippen molar-refractivity contribution in [1.29, 1.82) is 0 Å². The monoisotopic (exact) mass is 350 g/mol. The molecule has 1 rings (SSSR count). The van der Waals surface area contributed by atoms with Crippen LogP contribution in [-0.4, -0.2) is 42.1 Å². The Bertz CT molecular complexity index is 554. The number of allylic oxidation sites excluding steroid dienone is 1. The van der Waals surface area contributed by atoms with Gasteiger partial charge in [0.2, 0.25) is 0 Å². The zero-order valence-corrected chi connectivity index (χ0v) is 14.5. The standard InChI is InChI=1S/C18H24NO6/c1-4-12-18(16(20)24-5-2,17(21)25-6-3)15(13-19(22)23)14-10-8-7-9-11-14/h4,7-11,15,22H,1,5-6,12-13H2,2-3H3/q-1. The van der Waals surface area contributed by atoms with Crippen LogP contribution in [0.25, 0.3) is 0 Å². The van der Waals surface area contributed by atoms with Crippen LogP contribution in [0.4, 0.5) is 0 Å². The molecule has 0 aliphatic carbocycles. The molecule has 1 aromatic rings. The Morgan fingerprint density at radius 2 is 1.76 bits per heavy atom. The van der Waals surface area contributed by atoms with Crippen molar-refractivity contribution in [3.63, 3.8) is 0 Å². The summed E-state index contributed by atoms with van der Waals surface area (Å²) in [4.78, 5) is 25.6. The molecular formula is C18H24NO6-. The lowest BCUT2D eigenvalue weighted by atomic mass is 9.69. The summed E-state index contributed by atoms with van der Waals surface area (Å²) in [5.41, 5.74) is -1.29. The van der Waals surface area contributed by atoms with Crippen LogP contribution in [0, 0.1) is 10.6 Å².